The quantitative estimate of drug-likeness (QED) is 0.517. The Labute approximate surface area is 76.1 Å². The minimum Gasteiger partial charge on any atom is -0.193 e. The SMILES string of the molecule is C/C(C#N)=C(/C)C#N.CC.CC. The molecule has 0 aliphatic carbocycles. The molecule has 0 bridgehead atoms. The zero-order valence-corrected chi connectivity index (χ0v) is 8.89. The Morgan fingerprint density at radius 2 is 0.917 bits per heavy atom. The first-order chi connectivity index (χ1) is 5.72. The van der Waals surface area contributed by atoms with Gasteiger partial charge < -0.3 is 0 Å². The van der Waals surface area contributed by atoms with Crippen LogP contribution >= 0.6 is 0 Å². The van der Waals surface area contributed by atoms with Gasteiger partial charge in [-0.05, 0) is 13.8 Å². The first-order valence-corrected chi connectivity index (χ1v) is 4.20. The van der Waals surface area contributed by atoms with Gasteiger partial charge in [-0.1, -0.05) is 27.7 Å². The Morgan fingerprint density at radius 3 is 1.00 bits per heavy atom. The number of hydrogen-bond acceptors (Lipinski definition) is 2. The van der Waals surface area contributed by atoms with Crippen molar-refractivity contribution < 1.29 is 0 Å². The molecule has 2 nitrogen and oxygen atoms in total. The van der Waals surface area contributed by atoms with Crippen LogP contribution < -0.4 is 0 Å². The second-order valence-electron chi connectivity index (χ2n) is 1.47. The summed E-state index contributed by atoms with van der Waals surface area (Å²) in [6, 6.07) is 3.75. The van der Waals surface area contributed by atoms with E-state index in [1.54, 1.807) is 13.8 Å². The van der Waals surface area contributed by atoms with E-state index in [0.717, 1.165) is 0 Å². The van der Waals surface area contributed by atoms with Gasteiger partial charge in [0.15, 0.2) is 0 Å². The summed E-state index contributed by atoms with van der Waals surface area (Å²) in [5, 5.41) is 16.4. The van der Waals surface area contributed by atoms with E-state index in [4.69, 9.17) is 10.5 Å². The third-order valence-corrected chi connectivity index (χ3v) is 0.898. The van der Waals surface area contributed by atoms with Gasteiger partial charge in [0.05, 0.1) is 12.1 Å². The Morgan fingerprint density at radius 1 is 0.750 bits per heavy atom. The molecule has 0 aromatic rings. The van der Waals surface area contributed by atoms with Crippen LogP contribution in [0.5, 0.6) is 0 Å². The molecule has 0 aromatic heterocycles. The van der Waals surface area contributed by atoms with Crippen LogP contribution in [-0.2, 0) is 0 Å². The van der Waals surface area contributed by atoms with E-state index >= 15 is 0 Å². The number of nitrogens with zero attached hydrogens (tertiary/aromatic N) is 2. The average molecular weight is 166 g/mol. The predicted octanol–water partition coefficient (Wildman–Crippen LogP) is 3.42. The Hall–Kier alpha value is -1.28. The number of nitriles is 2. The third kappa shape index (κ3) is 11.5. The summed E-state index contributed by atoms with van der Waals surface area (Å²) in [7, 11) is 0. The zero-order chi connectivity index (χ0) is 10.6. The van der Waals surface area contributed by atoms with Gasteiger partial charge in [0.1, 0.15) is 0 Å². The minimum absolute atomic E-state index is 0.493. The van der Waals surface area contributed by atoms with Gasteiger partial charge in [-0.2, -0.15) is 10.5 Å². The second kappa shape index (κ2) is 16.4. The number of rotatable bonds is 0. The summed E-state index contributed by atoms with van der Waals surface area (Å²) >= 11 is 0. The average Bonchev–Trinajstić information content (AvgIpc) is 2.21. The molecule has 0 saturated heterocycles. The molecule has 2 heteroatoms. The summed E-state index contributed by atoms with van der Waals surface area (Å²) in [6.07, 6.45) is 0. The molecule has 0 aromatic carbocycles. The molecule has 0 fully saturated rings. The van der Waals surface area contributed by atoms with E-state index in [-0.39, 0.29) is 0 Å². The fourth-order valence-corrected chi connectivity index (χ4v) is 0.168. The first-order valence-electron chi connectivity index (χ1n) is 4.20. The second-order valence-corrected chi connectivity index (χ2v) is 1.47. The molecule has 68 valence electrons. The monoisotopic (exact) mass is 166 g/mol. The lowest BCUT2D eigenvalue weighted by Crippen LogP contribution is -1.73. The molecule has 0 amide bonds. The molecule has 0 aliphatic heterocycles. The van der Waals surface area contributed by atoms with Crippen molar-refractivity contribution in [3.8, 4) is 12.1 Å². The number of allylic oxidation sites excluding steroid dienone is 2. The van der Waals surface area contributed by atoms with E-state index in [1.807, 2.05) is 39.8 Å². The lowest BCUT2D eigenvalue weighted by Gasteiger charge is -1.81. The normalized spacial score (nSPS) is 8.33. The van der Waals surface area contributed by atoms with Crippen LogP contribution in [0.15, 0.2) is 11.1 Å². The van der Waals surface area contributed by atoms with E-state index in [2.05, 4.69) is 0 Å². The van der Waals surface area contributed by atoms with E-state index in [0.29, 0.717) is 11.1 Å². The van der Waals surface area contributed by atoms with Crippen LogP contribution in [0, 0.1) is 22.7 Å². The Bertz CT molecular complexity index is 167. The Balaban J connectivity index is -0.000000175. The molecule has 0 unspecified atom stereocenters. The van der Waals surface area contributed by atoms with Gasteiger partial charge in [-0.15, -0.1) is 0 Å². The molecule has 0 rings (SSSR count). The fourth-order valence-electron chi connectivity index (χ4n) is 0.168. The van der Waals surface area contributed by atoms with Crippen LogP contribution in [0.3, 0.4) is 0 Å². The summed E-state index contributed by atoms with van der Waals surface area (Å²) in [4.78, 5) is 0. The van der Waals surface area contributed by atoms with E-state index in [1.165, 1.54) is 0 Å². The zero-order valence-electron chi connectivity index (χ0n) is 8.89. The predicted molar refractivity (Wildman–Crippen MR) is 52.3 cm³/mol. The maximum Gasteiger partial charge on any atom is 0.0954 e. The van der Waals surface area contributed by atoms with Crippen LogP contribution in [0.1, 0.15) is 41.5 Å². The standard InChI is InChI=1S/C6H6N2.2C2H6/c1-5(3-7)6(2)4-8;2*1-2/h1-2H3;2*1-2H3/b6-5+;;. The van der Waals surface area contributed by atoms with Gasteiger partial charge in [-0.3, -0.25) is 0 Å². The molecule has 0 saturated carbocycles. The minimum atomic E-state index is 0.493. The highest BCUT2D eigenvalue weighted by Crippen LogP contribution is 1.97. The molecule has 0 aliphatic rings. The summed E-state index contributed by atoms with van der Waals surface area (Å²) in [5.41, 5.74) is 0.986. The van der Waals surface area contributed by atoms with Gasteiger partial charge in [0.2, 0.25) is 0 Å². The highest BCUT2D eigenvalue weighted by atomic mass is 14.3. The fraction of sp³-hybridized carbons (Fsp3) is 0.600. The molecule has 0 heterocycles. The topological polar surface area (TPSA) is 47.6 Å². The first kappa shape index (κ1) is 17.0. The summed E-state index contributed by atoms with van der Waals surface area (Å²) < 4.78 is 0. The van der Waals surface area contributed by atoms with Crippen molar-refractivity contribution >= 4 is 0 Å². The van der Waals surface area contributed by atoms with Gasteiger partial charge in [0, 0.05) is 11.1 Å². The van der Waals surface area contributed by atoms with Crippen LogP contribution in [0.4, 0.5) is 0 Å². The van der Waals surface area contributed by atoms with Gasteiger partial charge in [-0.25, -0.2) is 0 Å². The maximum atomic E-state index is 8.18. The highest BCUT2D eigenvalue weighted by Gasteiger charge is 1.89. The summed E-state index contributed by atoms with van der Waals surface area (Å²) in [5.74, 6) is 0. The van der Waals surface area contributed by atoms with Crippen molar-refractivity contribution in [3.05, 3.63) is 11.1 Å². The lowest BCUT2D eigenvalue weighted by atomic mass is 10.2. The highest BCUT2D eigenvalue weighted by molar-refractivity contribution is 5.32. The van der Waals surface area contributed by atoms with Crippen molar-refractivity contribution in [2.75, 3.05) is 0 Å². The van der Waals surface area contributed by atoms with Crippen LogP contribution in [0.25, 0.3) is 0 Å². The van der Waals surface area contributed by atoms with Crippen molar-refractivity contribution in [2.24, 2.45) is 0 Å². The molecular formula is C10H18N2. The third-order valence-electron chi connectivity index (χ3n) is 0.898. The van der Waals surface area contributed by atoms with Crippen molar-refractivity contribution in [1.82, 2.24) is 0 Å². The lowest BCUT2D eigenvalue weighted by molar-refractivity contribution is 1.34. The Kier molecular flexibility index (Phi) is 23.2. The van der Waals surface area contributed by atoms with Crippen molar-refractivity contribution in [1.29, 1.82) is 10.5 Å². The number of hydrogen-bond donors (Lipinski definition) is 0. The van der Waals surface area contributed by atoms with Crippen molar-refractivity contribution in [2.45, 2.75) is 41.5 Å². The maximum absolute atomic E-state index is 8.18. The molecule has 0 radical (unpaired) electrons. The van der Waals surface area contributed by atoms with Gasteiger partial charge >= 0.3 is 0 Å². The molecule has 0 atom stereocenters. The molecule has 12 heavy (non-hydrogen) atoms. The van der Waals surface area contributed by atoms with Crippen LogP contribution in [-0.4, -0.2) is 0 Å². The molecular weight excluding hydrogens is 148 g/mol. The summed E-state index contributed by atoms with van der Waals surface area (Å²) in [6.45, 7) is 11.2. The van der Waals surface area contributed by atoms with E-state index in [9.17, 15) is 0 Å². The molecule has 0 spiro atoms. The van der Waals surface area contributed by atoms with E-state index < -0.39 is 0 Å². The largest absolute Gasteiger partial charge is 0.193 e. The van der Waals surface area contributed by atoms with Gasteiger partial charge in [0.25, 0.3) is 0 Å². The molecule has 0 N–H and O–H groups in total. The van der Waals surface area contributed by atoms with Crippen LogP contribution in [0.2, 0.25) is 0 Å². The smallest absolute Gasteiger partial charge is 0.0954 e. The van der Waals surface area contributed by atoms with Crippen molar-refractivity contribution in [3.63, 3.8) is 0 Å².